The lowest BCUT2D eigenvalue weighted by Gasteiger charge is -2.04. The van der Waals surface area contributed by atoms with E-state index in [1.807, 2.05) is 22.9 Å². The van der Waals surface area contributed by atoms with Gasteiger partial charge in [-0.2, -0.15) is 0 Å². The molecule has 7 heteroatoms. The van der Waals surface area contributed by atoms with Crippen LogP contribution >= 0.6 is 0 Å². The Hall–Kier alpha value is -3.35. The molecule has 106 valence electrons. The molecule has 0 saturated carbocycles. The first-order valence-electron chi connectivity index (χ1n) is 6.68. The van der Waals surface area contributed by atoms with Crippen molar-refractivity contribution in [3.05, 3.63) is 61.7 Å². The first-order chi connectivity index (χ1) is 10.9. The van der Waals surface area contributed by atoms with Crippen molar-refractivity contribution >= 4 is 0 Å². The maximum Gasteiger partial charge on any atom is 0.180 e. The second kappa shape index (κ2) is 5.21. The molecule has 0 bridgehead atoms. The van der Waals surface area contributed by atoms with Gasteiger partial charge in [-0.25, -0.2) is 9.97 Å². The van der Waals surface area contributed by atoms with Gasteiger partial charge in [-0.1, -0.05) is 0 Å². The Balaban J connectivity index is 1.76. The molecule has 0 amide bonds. The number of imidazole rings is 2. The van der Waals surface area contributed by atoms with E-state index in [2.05, 4.69) is 29.9 Å². The molecular weight excluding hydrogens is 278 g/mol. The molecule has 0 fully saturated rings. The van der Waals surface area contributed by atoms with Gasteiger partial charge in [0.25, 0.3) is 0 Å². The Kier molecular flexibility index (Phi) is 2.93. The van der Waals surface area contributed by atoms with Crippen LogP contribution < -0.4 is 0 Å². The topological polar surface area (TPSA) is 85.2 Å². The zero-order valence-corrected chi connectivity index (χ0v) is 11.5. The highest BCUT2D eigenvalue weighted by Gasteiger charge is 2.13. The average Bonchev–Trinajstić information content (AvgIpc) is 3.25. The summed E-state index contributed by atoms with van der Waals surface area (Å²) in [4.78, 5) is 24.5. The summed E-state index contributed by atoms with van der Waals surface area (Å²) in [6, 6.07) is 3.84. The number of nitrogens with one attached hydrogen (secondary N) is 1. The Morgan fingerprint density at radius 1 is 0.909 bits per heavy atom. The number of hydrogen-bond acceptors (Lipinski definition) is 5. The van der Waals surface area contributed by atoms with Crippen molar-refractivity contribution in [2.75, 3.05) is 0 Å². The molecule has 0 saturated heterocycles. The van der Waals surface area contributed by atoms with Gasteiger partial charge in [0, 0.05) is 37.2 Å². The molecule has 4 aromatic heterocycles. The van der Waals surface area contributed by atoms with Crippen LogP contribution in [0.3, 0.4) is 0 Å². The van der Waals surface area contributed by atoms with Gasteiger partial charge in [0.05, 0.1) is 18.1 Å². The van der Waals surface area contributed by atoms with Crippen molar-refractivity contribution in [1.82, 2.24) is 34.5 Å². The largest absolute Gasteiger partial charge is 0.341 e. The van der Waals surface area contributed by atoms with E-state index in [9.17, 15) is 0 Å². The van der Waals surface area contributed by atoms with Crippen LogP contribution in [0.2, 0.25) is 0 Å². The second-order valence-electron chi connectivity index (χ2n) is 4.56. The lowest BCUT2D eigenvalue weighted by molar-refractivity contribution is 1.03. The Bertz CT molecular complexity index is 880. The first-order valence-corrected chi connectivity index (χ1v) is 6.68. The Labute approximate surface area is 125 Å². The lowest BCUT2D eigenvalue weighted by Crippen LogP contribution is -1.97. The Morgan fingerprint density at radius 3 is 2.68 bits per heavy atom. The van der Waals surface area contributed by atoms with Gasteiger partial charge < -0.3 is 4.98 Å². The van der Waals surface area contributed by atoms with E-state index in [1.54, 1.807) is 43.4 Å². The van der Waals surface area contributed by atoms with Gasteiger partial charge in [-0.15, -0.1) is 0 Å². The highest BCUT2D eigenvalue weighted by molar-refractivity contribution is 5.58. The van der Waals surface area contributed by atoms with Gasteiger partial charge in [0.1, 0.15) is 11.4 Å². The fourth-order valence-electron chi connectivity index (χ4n) is 2.18. The van der Waals surface area contributed by atoms with Gasteiger partial charge in [0.2, 0.25) is 0 Å². The molecule has 0 unspecified atom stereocenters. The molecule has 1 N–H and O–H groups in total. The summed E-state index contributed by atoms with van der Waals surface area (Å²) >= 11 is 0. The van der Waals surface area contributed by atoms with Crippen molar-refractivity contribution in [3.8, 4) is 28.7 Å². The number of H-pyrrole nitrogens is 1. The molecule has 0 spiro atoms. The third-order valence-electron chi connectivity index (χ3n) is 3.18. The van der Waals surface area contributed by atoms with E-state index in [0.717, 1.165) is 11.4 Å². The monoisotopic (exact) mass is 289 g/mol. The molecular formula is C15H11N7. The zero-order valence-electron chi connectivity index (χ0n) is 11.5. The molecule has 0 aliphatic carbocycles. The third kappa shape index (κ3) is 2.14. The van der Waals surface area contributed by atoms with E-state index in [-0.39, 0.29) is 0 Å². The van der Waals surface area contributed by atoms with Gasteiger partial charge in [0.15, 0.2) is 11.6 Å². The molecule has 0 aromatic carbocycles. The van der Waals surface area contributed by atoms with Gasteiger partial charge >= 0.3 is 0 Å². The second-order valence-corrected chi connectivity index (χ2v) is 4.56. The van der Waals surface area contributed by atoms with Crippen molar-refractivity contribution in [1.29, 1.82) is 0 Å². The summed E-state index contributed by atoms with van der Waals surface area (Å²) < 4.78 is 1.92. The first kappa shape index (κ1) is 12.4. The standard InChI is InChI=1S/C15H11N7/c1-2-11(8-16-3-1)22-7-6-19-15(22)14-20-10-13(21-14)12-9-17-4-5-18-12/h1-10H,(H,20,21). The van der Waals surface area contributed by atoms with Gasteiger partial charge in [-0.05, 0) is 12.1 Å². The molecule has 0 aliphatic heterocycles. The molecule has 22 heavy (non-hydrogen) atoms. The van der Waals surface area contributed by atoms with Gasteiger partial charge in [-0.3, -0.25) is 19.5 Å². The summed E-state index contributed by atoms with van der Waals surface area (Å²) in [5.74, 6) is 1.37. The minimum Gasteiger partial charge on any atom is -0.341 e. The van der Waals surface area contributed by atoms with Crippen LogP contribution in [0.25, 0.3) is 28.7 Å². The summed E-state index contributed by atoms with van der Waals surface area (Å²) in [6.07, 6.45) is 13.8. The predicted molar refractivity (Wildman–Crippen MR) is 80.0 cm³/mol. The number of hydrogen-bond donors (Lipinski definition) is 1. The fraction of sp³-hybridized carbons (Fsp3) is 0. The molecule has 7 nitrogen and oxygen atoms in total. The van der Waals surface area contributed by atoms with E-state index in [4.69, 9.17) is 0 Å². The van der Waals surface area contributed by atoms with Crippen LogP contribution in [-0.2, 0) is 0 Å². The van der Waals surface area contributed by atoms with Crippen LogP contribution in [0.15, 0.2) is 61.7 Å². The molecule has 4 rings (SSSR count). The van der Waals surface area contributed by atoms with Crippen LogP contribution in [0.1, 0.15) is 0 Å². The minimum atomic E-state index is 0.662. The number of aromatic amines is 1. The summed E-state index contributed by atoms with van der Waals surface area (Å²) in [5.41, 5.74) is 2.36. The highest BCUT2D eigenvalue weighted by atomic mass is 15.1. The SMILES string of the molecule is c1cncc(-n2ccnc2-c2nc(-c3cnccn3)c[nH]2)c1. The maximum absolute atomic E-state index is 4.55. The van der Waals surface area contributed by atoms with Crippen LogP contribution in [0.4, 0.5) is 0 Å². The lowest BCUT2D eigenvalue weighted by atomic mass is 10.3. The summed E-state index contributed by atoms with van der Waals surface area (Å²) in [6.45, 7) is 0. The molecule has 0 radical (unpaired) electrons. The number of nitrogens with zero attached hydrogens (tertiary/aromatic N) is 6. The predicted octanol–water partition coefficient (Wildman–Crippen LogP) is 2.11. The molecule has 0 aliphatic rings. The zero-order chi connectivity index (χ0) is 14.8. The van der Waals surface area contributed by atoms with Crippen molar-refractivity contribution in [2.24, 2.45) is 0 Å². The Morgan fingerprint density at radius 2 is 1.86 bits per heavy atom. The van der Waals surface area contributed by atoms with Crippen molar-refractivity contribution in [2.45, 2.75) is 0 Å². The summed E-state index contributed by atoms with van der Waals surface area (Å²) in [7, 11) is 0. The maximum atomic E-state index is 4.55. The number of aromatic nitrogens is 7. The van der Waals surface area contributed by atoms with Crippen LogP contribution in [0.5, 0.6) is 0 Å². The molecule has 0 atom stereocenters. The number of rotatable bonds is 3. The highest BCUT2D eigenvalue weighted by Crippen LogP contribution is 2.21. The summed E-state index contributed by atoms with van der Waals surface area (Å²) in [5, 5.41) is 0. The smallest absolute Gasteiger partial charge is 0.180 e. The minimum absolute atomic E-state index is 0.662. The number of pyridine rings is 1. The van der Waals surface area contributed by atoms with E-state index >= 15 is 0 Å². The van der Waals surface area contributed by atoms with Crippen LogP contribution in [-0.4, -0.2) is 34.5 Å². The molecule has 4 heterocycles. The van der Waals surface area contributed by atoms with Crippen LogP contribution in [0, 0.1) is 0 Å². The third-order valence-corrected chi connectivity index (χ3v) is 3.18. The average molecular weight is 289 g/mol. The van der Waals surface area contributed by atoms with E-state index < -0.39 is 0 Å². The molecule has 4 aromatic rings. The van der Waals surface area contributed by atoms with E-state index in [0.29, 0.717) is 17.3 Å². The normalized spacial score (nSPS) is 10.7. The van der Waals surface area contributed by atoms with Crippen molar-refractivity contribution < 1.29 is 0 Å². The fourth-order valence-corrected chi connectivity index (χ4v) is 2.18. The van der Waals surface area contributed by atoms with Crippen molar-refractivity contribution in [3.63, 3.8) is 0 Å². The quantitative estimate of drug-likeness (QED) is 0.624. The van der Waals surface area contributed by atoms with E-state index in [1.165, 1.54) is 0 Å².